The van der Waals surface area contributed by atoms with E-state index in [4.69, 9.17) is 0 Å². The van der Waals surface area contributed by atoms with Crippen LogP contribution in [0.4, 0.5) is 0 Å². The van der Waals surface area contributed by atoms with Crippen LogP contribution in [0.1, 0.15) is 35.5 Å². The van der Waals surface area contributed by atoms with E-state index in [2.05, 4.69) is 20.3 Å². The van der Waals surface area contributed by atoms with Gasteiger partial charge in [0.05, 0.1) is 17.6 Å². The first-order valence-corrected chi connectivity index (χ1v) is 8.46. The van der Waals surface area contributed by atoms with Crippen molar-refractivity contribution in [3.8, 4) is 11.1 Å². The second-order valence-electron chi connectivity index (χ2n) is 6.49. The number of amides is 1. The van der Waals surface area contributed by atoms with Crippen molar-refractivity contribution in [3.05, 3.63) is 72.1 Å². The van der Waals surface area contributed by atoms with Gasteiger partial charge in [-0.3, -0.25) is 9.78 Å². The van der Waals surface area contributed by atoms with Crippen molar-refractivity contribution in [2.75, 3.05) is 7.05 Å². The number of hydrogen-bond donors (Lipinski definition) is 3. The second kappa shape index (κ2) is 7.09. The monoisotopic (exact) mass is 350 g/mol. The molecule has 0 saturated carbocycles. The molecule has 2 aromatic heterocycles. The summed E-state index contributed by atoms with van der Waals surface area (Å²) in [6, 6.07) is 9.40. The minimum Gasteiger partial charge on any atom is -0.378 e. The lowest BCUT2D eigenvalue weighted by atomic mass is 9.80. The summed E-state index contributed by atoms with van der Waals surface area (Å²) >= 11 is 0. The van der Waals surface area contributed by atoms with Crippen LogP contribution in [0.2, 0.25) is 0 Å². The highest BCUT2D eigenvalue weighted by atomic mass is 16.3. The molecular weight excluding hydrogens is 328 g/mol. The average Bonchev–Trinajstić information content (AvgIpc) is 3.22. The third-order valence-corrected chi connectivity index (χ3v) is 4.61. The summed E-state index contributed by atoms with van der Waals surface area (Å²) in [4.78, 5) is 23.1. The van der Waals surface area contributed by atoms with Gasteiger partial charge in [-0.25, -0.2) is 4.98 Å². The van der Waals surface area contributed by atoms with Crippen molar-refractivity contribution in [3.63, 3.8) is 0 Å². The van der Waals surface area contributed by atoms with Gasteiger partial charge in [0.2, 0.25) is 0 Å². The van der Waals surface area contributed by atoms with Gasteiger partial charge < -0.3 is 15.4 Å². The molecule has 1 atom stereocenters. The summed E-state index contributed by atoms with van der Waals surface area (Å²) in [6.07, 6.45) is 6.52. The number of carbonyl (C=O) groups is 1. The topological polar surface area (TPSA) is 90.9 Å². The first-order valence-electron chi connectivity index (χ1n) is 8.46. The number of pyridine rings is 1. The van der Waals surface area contributed by atoms with Gasteiger partial charge in [-0.05, 0) is 23.1 Å². The zero-order valence-corrected chi connectivity index (χ0v) is 15.0. The first-order chi connectivity index (χ1) is 12.5. The van der Waals surface area contributed by atoms with E-state index >= 15 is 0 Å². The fraction of sp³-hybridized carbons (Fsp3) is 0.250. The van der Waals surface area contributed by atoms with Gasteiger partial charge >= 0.3 is 0 Å². The smallest absolute Gasteiger partial charge is 0.252 e. The van der Waals surface area contributed by atoms with Crippen LogP contribution in [0.25, 0.3) is 11.1 Å². The molecule has 0 aliphatic rings. The van der Waals surface area contributed by atoms with Crippen LogP contribution in [0.5, 0.6) is 0 Å². The molecule has 3 rings (SSSR count). The molecular formula is C20H22N4O2. The van der Waals surface area contributed by atoms with Crippen LogP contribution < -0.4 is 5.32 Å². The van der Waals surface area contributed by atoms with E-state index in [9.17, 15) is 9.90 Å². The number of rotatable bonds is 5. The van der Waals surface area contributed by atoms with E-state index in [1.807, 2.05) is 38.1 Å². The maximum atomic E-state index is 11.8. The highest BCUT2D eigenvalue weighted by Crippen LogP contribution is 2.36. The Bertz CT molecular complexity index is 888. The van der Waals surface area contributed by atoms with Crippen molar-refractivity contribution in [2.45, 2.75) is 19.4 Å². The summed E-state index contributed by atoms with van der Waals surface area (Å²) in [7, 11) is 1.59. The Balaban J connectivity index is 1.97. The molecule has 1 amide bonds. The van der Waals surface area contributed by atoms with Crippen molar-refractivity contribution < 1.29 is 9.90 Å². The normalized spacial score (nSPS) is 13.4. The molecule has 3 N–H and O–H groups in total. The lowest BCUT2D eigenvalue weighted by molar-refractivity contribution is 0.0279. The standard InChI is InChI=1S/C20H22N4O2/c1-13(2)20(26,18-11-23-12-24-18)17-6-4-14(5-7-17)15-8-16(10-22-9-15)19(25)21-3/h4-13,26H,1-3H3,(H,21,25)(H,23,24). The molecule has 3 aromatic rings. The molecule has 0 aliphatic heterocycles. The number of aliphatic hydroxyl groups is 1. The molecule has 0 bridgehead atoms. The summed E-state index contributed by atoms with van der Waals surface area (Å²) in [5.41, 5.74) is 2.43. The molecule has 0 fully saturated rings. The fourth-order valence-electron chi connectivity index (χ4n) is 3.03. The summed E-state index contributed by atoms with van der Waals surface area (Å²) < 4.78 is 0. The second-order valence-corrected chi connectivity index (χ2v) is 6.49. The summed E-state index contributed by atoms with van der Waals surface area (Å²) in [5, 5.41) is 13.9. The number of nitrogens with one attached hydrogen (secondary N) is 2. The molecule has 6 heteroatoms. The molecule has 0 aliphatic carbocycles. The zero-order valence-electron chi connectivity index (χ0n) is 15.0. The Hall–Kier alpha value is -2.99. The molecule has 2 heterocycles. The van der Waals surface area contributed by atoms with Crippen molar-refractivity contribution in [2.24, 2.45) is 5.92 Å². The van der Waals surface area contributed by atoms with Crippen LogP contribution in [-0.2, 0) is 5.60 Å². The third kappa shape index (κ3) is 3.11. The van der Waals surface area contributed by atoms with E-state index in [0.717, 1.165) is 16.7 Å². The van der Waals surface area contributed by atoms with Gasteiger partial charge in [-0.2, -0.15) is 0 Å². The largest absolute Gasteiger partial charge is 0.378 e. The molecule has 6 nitrogen and oxygen atoms in total. The number of H-pyrrole nitrogens is 1. The molecule has 0 radical (unpaired) electrons. The van der Waals surface area contributed by atoms with E-state index in [0.29, 0.717) is 11.3 Å². The van der Waals surface area contributed by atoms with Crippen LogP contribution in [-0.4, -0.2) is 33.0 Å². The van der Waals surface area contributed by atoms with Gasteiger partial charge in [0, 0.05) is 31.2 Å². The third-order valence-electron chi connectivity index (χ3n) is 4.61. The first kappa shape index (κ1) is 17.8. The number of imidazole rings is 1. The van der Waals surface area contributed by atoms with E-state index < -0.39 is 5.60 Å². The lowest BCUT2D eigenvalue weighted by Gasteiger charge is -2.31. The number of nitrogens with zero attached hydrogens (tertiary/aromatic N) is 2. The predicted molar refractivity (Wildman–Crippen MR) is 99.5 cm³/mol. The summed E-state index contributed by atoms with van der Waals surface area (Å²) in [6.45, 7) is 3.92. The van der Waals surface area contributed by atoms with E-state index in [1.165, 1.54) is 6.20 Å². The van der Waals surface area contributed by atoms with Crippen molar-refractivity contribution in [1.29, 1.82) is 0 Å². The molecule has 1 aromatic carbocycles. The Morgan fingerprint density at radius 2 is 1.92 bits per heavy atom. The minimum atomic E-state index is -1.18. The van der Waals surface area contributed by atoms with Gasteiger partial charge in [-0.15, -0.1) is 0 Å². The zero-order chi connectivity index (χ0) is 18.7. The Labute approximate surface area is 152 Å². The summed E-state index contributed by atoms with van der Waals surface area (Å²) in [5.74, 6) is -0.237. The van der Waals surface area contributed by atoms with Crippen LogP contribution in [0.3, 0.4) is 0 Å². The highest BCUT2D eigenvalue weighted by molar-refractivity contribution is 5.94. The quantitative estimate of drug-likeness (QED) is 0.660. The SMILES string of the molecule is CNC(=O)c1cncc(-c2ccc(C(O)(c3c[nH]cn3)C(C)C)cc2)c1. The number of hydrogen-bond acceptors (Lipinski definition) is 4. The maximum absolute atomic E-state index is 11.8. The molecule has 0 spiro atoms. The van der Waals surface area contributed by atoms with Crippen LogP contribution >= 0.6 is 0 Å². The van der Waals surface area contributed by atoms with Crippen molar-refractivity contribution >= 4 is 5.91 Å². The molecule has 1 unspecified atom stereocenters. The van der Waals surface area contributed by atoms with E-state index in [-0.39, 0.29) is 11.8 Å². The molecule has 134 valence electrons. The van der Waals surface area contributed by atoms with Gasteiger partial charge in [0.25, 0.3) is 5.91 Å². The van der Waals surface area contributed by atoms with Crippen molar-refractivity contribution in [1.82, 2.24) is 20.3 Å². The Kier molecular flexibility index (Phi) is 4.86. The lowest BCUT2D eigenvalue weighted by Crippen LogP contribution is -2.33. The van der Waals surface area contributed by atoms with Gasteiger partial charge in [-0.1, -0.05) is 38.1 Å². The minimum absolute atomic E-state index is 0.0603. The maximum Gasteiger partial charge on any atom is 0.252 e. The average molecular weight is 350 g/mol. The predicted octanol–water partition coefficient (Wildman–Crippen LogP) is 2.72. The number of benzene rings is 1. The Morgan fingerprint density at radius 1 is 1.19 bits per heavy atom. The van der Waals surface area contributed by atoms with Crippen LogP contribution in [0.15, 0.2) is 55.2 Å². The molecule has 26 heavy (non-hydrogen) atoms. The number of aromatic amines is 1. The number of carbonyl (C=O) groups excluding carboxylic acids is 1. The number of aromatic nitrogens is 3. The van der Waals surface area contributed by atoms with Gasteiger partial charge in [0.1, 0.15) is 5.60 Å². The Morgan fingerprint density at radius 3 is 2.50 bits per heavy atom. The highest BCUT2D eigenvalue weighted by Gasteiger charge is 2.37. The molecule has 0 saturated heterocycles. The van der Waals surface area contributed by atoms with E-state index in [1.54, 1.807) is 31.8 Å². The van der Waals surface area contributed by atoms with Crippen LogP contribution in [0, 0.1) is 5.92 Å². The van der Waals surface area contributed by atoms with Gasteiger partial charge in [0.15, 0.2) is 0 Å². The fourth-order valence-corrected chi connectivity index (χ4v) is 3.03.